The van der Waals surface area contributed by atoms with Crippen molar-refractivity contribution in [2.75, 3.05) is 58.4 Å². The number of para-hydroxylation sites is 2. The van der Waals surface area contributed by atoms with Gasteiger partial charge >= 0.3 is 0 Å². The lowest BCUT2D eigenvalue weighted by Crippen LogP contribution is -2.49. The monoisotopic (exact) mass is 681 g/mol. The molecular weight excluding hydrogens is 644 g/mol. The van der Waals surface area contributed by atoms with Crippen LogP contribution in [0.5, 0.6) is 11.5 Å². The summed E-state index contributed by atoms with van der Waals surface area (Å²) in [7, 11) is 3.08. The van der Waals surface area contributed by atoms with Crippen molar-refractivity contribution in [2.24, 2.45) is 0 Å². The van der Waals surface area contributed by atoms with Crippen molar-refractivity contribution in [1.82, 2.24) is 29.8 Å². The Morgan fingerprint density at radius 2 is 1.68 bits per heavy atom. The van der Waals surface area contributed by atoms with Crippen LogP contribution in [0.3, 0.4) is 0 Å². The number of ether oxygens (including phenoxy) is 2. The van der Waals surface area contributed by atoms with E-state index >= 15 is 4.39 Å². The number of piperazine rings is 1. The Balaban J connectivity index is 1.20. The van der Waals surface area contributed by atoms with Crippen LogP contribution >= 0.6 is 0 Å². The van der Waals surface area contributed by atoms with Crippen LogP contribution in [0.1, 0.15) is 28.9 Å². The van der Waals surface area contributed by atoms with Gasteiger partial charge in [0.1, 0.15) is 23.0 Å². The largest absolute Gasteiger partial charge is 0.496 e. The minimum absolute atomic E-state index is 0.0772. The lowest BCUT2D eigenvalue weighted by Gasteiger charge is -2.36. The number of nitrogens with zero attached hydrogens (tertiary/aromatic N) is 6. The molecule has 5 aromatic rings. The predicted octanol–water partition coefficient (Wildman–Crippen LogP) is 5.39. The molecule has 1 saturated heterocycles. The molecule has 0 radical (unpaired) electrons. The van der Waals surface area contributed by atoms with Gasteiger partial charge in [-0.1, -0.05) is 23.4 Å². The van der Waals surface area contributed by atoms with E-state index in [0.29, 0.717) is 73.3 Å². The summed E-state index contributed by atoms with van der Waals surface area (Å²) in [4.78, 5) is 35.8. The number of anilines is 1. The van der Waals surface area contributed by atoms with E-state index < -0.39 is 11.6 Å². The zero-order valence-corrected chi connectivity index (χ0v) is 27.9. The van der Waals surface area contributed by atoms with Crippen LogP contribution in [0.2, 0.25) is 0 Å². The summed E-state index contributed by atoms with van der Waals surface area (Å²) >= 11 is 0. The zero-order chi connectivity index (χ0) is 34.8. The molecule has 0 saturated carbocycles. The number of fused-ring (bicyclic) bond motifs is 1. The second kappa shape index (κ2) is 14.0. The first-order chi connectivity index (χ1) is 24.3. The average molecular weight is 682 g/mol. The number of halogens is 2. The van der Waals surface area contributed by atoms with Crippen LogP contribution in [-0.4, -0.2) is 95.1 Å². The molecule has 11 nitrogen and oxygen atoms in total. The first kappa shape index (κ1) is 32.8. The Kier molecular flexibility index (Phi) is 9.20. The van der Waals surface area contributed by atoms with Crippen molar-refractivity contribution in [3.63, 3.8) is 0 Å². The summed E-state index contributed by atoms with van der Waals surface area (Å²) in [6, 6.07) is 15.3. The molecule has 2 amide bonds. The number of carbonyl (C=O) groups is 2. The number of methoxy groups -OCH3 is 2. The number of rotatable bonds is 9. The number of aromatic amines is 1. The number of aryl methyl sites for hydroxylation is 1. The number of aromatic nitrogens is 4. The second-order valence-electron chi connectivity index (χ2n) is 12.3. The number of benzene rings is 3. The highest BCUT2D eigenvalue weighted by Gasteiger charge is 2.28. The maximum Gasteiger partial charge on any atom is 0.270 e. The lowest BCUT2D eigenvalue weighted by molar-refractivity contribution is -0.131. The third kappa shape index (κ3) is 6.38. The lowest BCUT2D eigenvalue weighted by atomic mass is 9.92. The fourth-order valence-electron chi connectivity index (χ4n) is 6.80. The Morgan fingerprint density at radius 3 is 2.44 bits per heavy atom. The van der Waals surface area contributed by atoms with Gasteiger partial charge in [0, 0.05) is 74.5 Å². The van der Waals surface area contributed by atoms with E-state index in [-0.39, 0.29) is 41.7 Å². The van der Waals surface area contributed by atoms with E-state index in [4.69, 9.17) is 9.47 Å². The Hall–Kier alpha value is -5.72. The zero-order valence-electron chi connectivity index (χ0n) is 27.9. The number of H-pyrrole nitrogens is 1. The Morgan fingerprint density at radius 1 is 0.880 bits per heavy atom. The summed E-state index contributed by atoms with van der Waals surface area (Å²) in [5.41, 5.74) is 3.40. The molecule has 2 aliphatic heterocycles. The SMILES string of the molecule is COc1cc(F)ccc1-c1cc(C2=CCCN(C(=O)CCn3ccnn3)C2)c(F)c2[nH]c(C(=O)N3CCN(c4ccccc4OC)CC3)cc12. The number of carbonyl (C=O) groups excluding carboxylic acids is 2. The highest BCUT2D eigenvalue weighted by Crippen LogP contribution is 2.40. The summed E-state index contributed by atoms with van der Waals surface area (Å²) in [6.07, 6.45) is 5.97. The molecule has 0 aliphatic carbocycles. The number of amides is 2. The van der Waals surface area contributed by atoms with E-state index in [1.54, 1.807) is 52.2 Å². The normalized spacial score (nSPS) is 15.0. The maximum atomic E-state index is 16.7. The standard InChI is InChI=1S/C37H37F2N7O4/c1-49-32-8-4-3-7-31(32)43-16-18-44(19-17-43)37(48)30-22-29-28(26-10-9-25(38)20-33(26)50-2)21-27(35(39)36(29)41-30)24-6-5-13-45(23-24)34(47)11-14-46-15-12-40-42-46/h3-4,6-10,12,15,20-22,41H,5,11,13-14,16-19,23H2,1-2H3. The quantitative estimate of drug-likeness (QED) is 0.222. The van der Waals surface area contributed by atoms with Crippen LogP contribution in [0.25, 0.3) is 27.6 Å². The van der Waals surface area contributed by atoms with Gasteiger partial charge in [-0.2, -0.15) is 0 Å². The molecule has 0 bridgehead atoms. The van der Waals surface area contributed by atoms with Gasteiger partial charge in [-0.15, -0.1) is 5.10 Å². The van der Waals surface area contributed by atoms with Gasteiger partial charge in [-0.05, 0) is 54.0 Å². The van der Waals surface area contributed by atoms with Crippen LogP contribution in [0.15, 0.2) is 73.1 Å². The van der Waals surface area contributed by atoms with Crippen LogP contribution in [0, 0.1) is 11.6 Å². The number of hydrogen-bond donors (Lipinski definition) is 1. The van der Waals surface area contributed by atoms with Gasteiger partial charge in [0.15, 0.2) is 5.82 Å². The van der Waals surface area contributed by atoms with E-state index in [1.807, 2.05) is 30.3 Å². The van der Waals surface area contributed by atoms with Crippen LogP contribution in [-0.2, 0) is 11.3 Å². The third-order valence-corrected chi connectivity index (χ3v) is 9.41. The number of hydrogen-bond acceptors (Lipinski definition) is 7. The topological polar surface area (TPSA) is 109 Å². The van der Waals surface area contributed by atoms with Crippen LogP contribution in [0.4, 0.5) is 14.5 Å². The van der Waals surface area contributed by atoms with Crippen molar-refractivity contribution < 1.29 is 27.8 Å². The second-order valence-corrected chi connectivity index (χ2v) is 12.3. The summed E-state index contributed by atoms with van der Waals surface area (Å²) in [5.74, 6) is -0.297. The molecule has 0 atom stereocenters. The average Bonchev–Trinajstić information content (AvgIpc) is 3.85. The fraction of sp³-hybridized carbons (Fsp3) is 0.297. The van der Waals surface area contributed by atoms with Crippen molar-refractivity contribution in [1.29, 1.82) is 0 Å². The molecule has 258 valence electrons. The fourth-order valence-corrected chi connectivity index (χ4v) is 6.80. The molecule has 3 aromatic carbocycles. The summed E-state index contributed by atoms with van der Waals surface area (Å²) in [6.45, 7) is 3.24. The minimum Gasteiger partial charge on any atom is -0.496 e. The highest BCUT2D eigenvalue weighted by atomic mass is 19.1. The molecule has 1 fully saturated rings. The van der Waals surface area contributed by atoms with E-state index in [1.165, 1.54) is 19.2 Å². The summed E-state index contributed by atoms with van der Waals surface area (Å²) < 4.78 is 43.6. The van der Waals surface area contributed by atoms with Crippen molar-refractivity contribution in [3.05, 3.63) is 96.0 Å². The van der Waals surface area contributed by atoms with Crippen molar-refractivity contribution in [2.45, 2.75) is 19.4 Å². The maximum absolute atomic E-state index is 16.7. The molecule has 7 rings (SSSR count). The Bertz CT molecular complexity index is 2070. The molecule has 2 aromatic heterocycles. The summed E-state index contributed by atoms with van der Waals surface area (Å²) in [5, 5.41) is 8.17. The molecule has 1 N–H and O–H groups in total. The van der Waals surface area contributed by atoms with Gasteiger partial charge in [-0.3, -0.25) is 14.3 Å². The first-order valence-electron chi connectivity index (χ1n) is 16.5. The molecule has 50 heavy (non-hydrogen) atoms. The molecule has 0 unspecified atom stereocenters. The smallest absolute Gasteiger partial charge is 0.270 e. The van der Waals surface area contributed by atoms with E-state index in [2.05, 4.69) is 20.2 Å². The van der Waals surface area contributed by atoms with Gasteiger partial charge in [-0.25, -0.2) is 8.78 Å². The minimum atomic E-state index is -0.534. The molecular formula is C37H37F2N7O4. The van der Waals surface area contributed by atoms with E-state index in [9.17, 15) is 14.0 Å². The van der Waals surface area contributed by atoms with Crippen LogP contribution < -0.4 is 14.4 Å². The third-order valence-electron chi connectivity index (χ3n) is 9.41. The van der Waals surface area contributed by atoms with Crippen molar-refractivity contribution >= 4 is 34.0 Å². The molecule has 0 spiro atoms. The molecule has 13 heteroatoms. The number of nitrogens with one attached hydrogen (secondary N) is 1. The van der Waals surface area contributed by atoms with E-state index in [0.717, 1.165) is 11.4 Å². The van der Waals surface area contributed by atoms with Crippen molar-refractivity contribution in [3.8, 4) is 22.6 Å². The van der Waals surface area contributed by atoms with Gasteiger partial charge in [0.25, 0.3) is 5.91 Å². The Labute approximate surface area is 287 Å². The predicted molar refractivity (Wildman–Crippen MR) is 185 cm³/mol. The molecule has 4 heterocycles. The first-order valence-corrected chi connectivity index (χ1v) is 16.5. The highest BCUT2D eigenvalue weighted by molar-refractivity contribution is 6.05. The van der Waals surface area contributed by atoms with Gasteiger partial charge < -0.3 is 29.2 Å². The van der Waals surface area contributed by atoms with Gasteiger partial charge in [0.2, 0.25) is 5.91 Å². The van der Waals surface area contributed by atoms with Gasteiger partial charge in [0.05, 0.1) is 38.2 Å². The molecule has 2 aliphatic rings.